The maximum Gasteiger partial charge on any atom is 0.322 e. The molecule has 2 rings (SSSR count). The van der Waals surface area contributed by atoms with Crippen molar-refractivity contribution in [2.24, 2.45) is 0 Å². The lowest BCUT2D eigenvalue weighted by atomic mass is 9.95. The zero-order chi connectivity index (χ0) is 13.8. The third kappa shape index (κ3) is 3.18. The van der Waals surface area contributed by atoms with Gasteiger partial charge in [0.05, 0.1) is 6.04 Å². The number of rotatable bonds is 4. The topological polar surface area (TPSA) is 32.3 Å². The normalized spacial score (nSPS) is 19.1. The highest BCUT2D eigenvalue weighted by Crippen LogP contribution is 2.29. The molecular weight excluding hydrogens is 304 g/mol. The first-order chi connectivity index (χ1) is 9.15. The van der Waals surface area contributed by atoms with E-state index in [1.807, 2.05) is 25.3 Å². The van der Waals surface area contributed by atoms with Crippen LogP contribution >= 0.6 is 15.9 Å². The third-order valence-corrected chi connectivity index (χ3v) is 3.83. The number of urea groups is 1. The van der Waals surface area contributed by atoms with E-state index in [0.29, 0.717) is 6.54 Å². The van der Waals surface area contributed by atoms with Crippen molar-refractivity contribution >= 4 is 22.0 Å². The first-order valence-corrected chi connectivity index (χ1v) is 7.48. The van der Waals surface area contributed by atoms with E-state index in [1.165, 1.54) is 5.57 Å². The Kier molecular flexibility index (Phi) is 4.64. The summed E-state index contributed by atoms with van der Waals surface area (Å²) in [7, 11) is 0. The number of benzene rings is 1. The summed E-state index contributed by atoms with van der Waals surface area (Å²) in [6.07, 6.45) is 4.08. The van der Waals surface area contributed by atoms with Gasteiger partial charge in [-0.25, -0.2) is 4.79 Å². The predicted octanol–water partition coefficient (Wildman–Crippen LogP) is 4.22. The molecule has 102 valence electrons. The SMILES string of the molecule is CCCC1=CN(CC)C(=O)NC1c1ccc(Br)cc1. The highest BCUT2D eigenvalue weighted by Gasteiger charge is 2.26. The highest BCUT2D eigenvalue weighted by atomic mass is 79.9. The first kappa shape index (κ1) is 14.1. The van der Waals surface area contributed by atoms with Crippen LogP contribution in [0.2, 0.25) is 0 Å². The predicted molar refractivity (Wildman–Crippen MR) is 80.8 cm³/mol. The molecule has 0 saturated heterocycles. The first-order valence-electron chi connectivity index (χ1n) is 6.68. The van der Waals surface area contributed by atoms with Crippen LogP contribution in [0, 0.1) is 0 Å². The number of hydrogen-bond acceptors (Lipinski definition) is 1. The van der Waals surface area contributed by atoms with Crippen LogP contribution in [-0.4, -0.2) is 17.5 Å². The van der Waals surface area contributed by atoms with Crippen LogP contribution in [0.3, 0.4) is 0 Å². The molecule has 0 aliphatic carbocycles. The van der Waals surface area contributed by atoms with Crippen molar-refractivity contribution in [3.8, 4) is 0 Å². The van der Waals surface area contributed by atoms with Crippen LogP contribution in [-0.2, 0) is 0 Å². The van der Waals surface area contributed by atoms with Gasteiger partial charge in [0, 0.05) is 17.2 Å². The molecule has 3 nitrogen and oxygen atoms in total. The Morgan fingerprint density at radius 3 is 2.53 bits per heavy atom. The van der Waals surface area contributed by atoms with E-state index in [1.54, 1.807) is 4.90 Å². The molecule has 4 heteroatoms. The number of hydrogen-bond donors (Lipinski definition) is 1. The van der Waals surface area contributed by atoms with Crippen molar-refractivity contribution in [1.82, 2.24) is 10.2 Å². The number of amides is 2. The fourth-order valence-corrected chi connectivity index (χ4v) is 2.58. The van der Waals surface area contributed by atoms with E-state index in [2.05, 4.69) is 40.3 Å². The Labute approximate surface area is 122 Å². The van der Waals surface area contributed by atoms with Gasteiger partial charge in [-0.3, -0.25) is 0 Å². The summed E-state index contributed by atoms with van der Waals surface area (Å²) in [6, 6.07) is 8.12. The Balaban J connectivity index is 2.32. The molecule has 1 aliphatic rings. The maximum atomic E-state index is 12.0. The number of carbonyl (C=O) groups is 1. The van der Waals surface area contributed by atoms with Crippen LogP contribution in [0.15, 0.2) is 40.5 Å². The summed E-state index contributed by atoms with van der Waals surface area (Å²) >= 11 is 3.44. The summed E-state index contributed by atoms with van der Waals surface area (Å²) in [5.41, 5.74) is 2.40. The lowest BCUT2D eigenvalue weighted by molar-refractivity contribution is 0.209. The van der Waals surface area contributed by atoms with Crippen molar-refractivity contribution in [3.05, 3.63) is 46.1 Å². The molecule has 1 unspecified atom stereocenters. The minimum absolute atomic E-state index is 0.00310. The second-order valence-electron chi connectivity index (χ2n) is 4.67. The van der Waals surface area contributed by atoms with Crippen LogP contribution < -0.4 is 5.32 Å². The highest BCUT2D eigenvalue weighted by molar-refractivity contribution is 9.10. The van der Waals surface area contributed by atoms with Gasteiger partial charge in [0.1, 0.15) is 0 Å². The van der Waals surface area contributed by atoms with Gasteiger partial charge in [-0.2, -0.15) is 0 Å². The van der Waals surface area contributed by atoms with Gasteiger partial charge < -0.3 is 10.2 Å². The van der Waals surface area contributed by atoms with E-state index >= 15 is 0 Å². The van der Waals surface area contributed by atoms with Gasteiger partial charge >= 0.3 is 6.03 Å². The van der Waals surface area contributed by atoms with Gasteiger partial charge in [-0.15, -0.1) is 0 Å². The lowest BCUT2D eigenvalue weighted by Crippen LogP contribution is -2.43. The molecule has 1 aromatic carbocycles. The molecule has 0 bridgehead atoms. The quantitative estimate of drug-likeness (QED) is 0.884. The maximum absolute atomic E-state index is 12.0. The molecule has 0 radical (unpaired) electrons. The molecule has 0 saturated carbocycles. The van der Waals surface area contributed by atoms with Crippen LogP contribution in [0.25, 0.3) is 0 Å². The van der Waals surface area contributed by atoms with E-state index in [9.17, 15) is 4.79 Å². The number of nitrogens with one attached hydrogen (secondary N) is 1. The molecule has 1 heterocycles. The summed E-state index contributed by atoms with van der Waals surface area (Å²) in [4.78, 5) is 13.7. The molecule has 0 aromatic heterocycles. The molecule has 1 N–H and O–H groups in total. The van der Waals surface area contributed by atoms with Crippen LogP contribution in [0.1, 0.15) is 38.3 Å². The second kappa shape index (κ2) is 6.24. The number of nitrogens with zero attached hydrogens (tertiary/aromatic N) is 1. The van der Waals surface area contributed by atoms with Gasteiger partial charge in [-0.1, -0.05) is 41.4 Å². The molecule has 1 atom stereocenters. The van der Waals surface area contributed by atoms with E-state index in [-0.39, 0.29) is 12.1 Å². The van der Waals surface area contributed by atoms with Crippen molar-refractivity contribution in [2.75, 3.05) is 6.54 Å². The zero-order valence-corrected chi connectivity index (χ0v) is 12.9. The minimum Gasteiger partial charge on any atom is -0.327 e. The second-order valence-corrected chi connectivity index (χ2v) is 5.59. The van der Waals surface area contributed by atoms with Crippen molar-refractivity contribution < 1.29 is 4.79 Å². The van der Waals surface area contributed by atoms with E-state index < -0.39 is 0 Å². The van der Waals surface area contributed by atoms with E-state index in [0.717, 1.165) is 22.9 Å². The third-order valence-electron chi connectivity index (χ3n) is 3.30. The Morgan fingerprint density at radius 2 is 1.95 bits per heavy atom. The fraction of sp³-hybridized carbons (Fsp3) is 0.400. The molecule has 0 spiro atoms. The Morgan fingerprint density at radius 1 is 1.26 bits per heavy atom. The monoisotopic (exact) mass is 322 g/mol. The average Bonchev–Trinajstić information content (AvgIpc) is 2.41. The molecule has 0 fully saturated rings. The van der Waals surface area contributed by atoms with Gasteiger partial charge in [0.15, 0.2) is 0 Å². The molecular formula is C15H19BrN2O. The molecule has 19 heavy (non-hydrogen) atoms. The Hall–Kier alpha value is -1.29. The number of halogens is 1. The largest absolute Gasteiger partial charge is 0.327 e. The molecule has 1 aliphatic heterocycles. The summed E-state index contributed by atoms with van der Waals surface area (Å²) in [6.45, 7) is 4.85. The summed E-state index contributed by atoms with van der Waals surface area (Å²) in [5, 5.41) is 3.09. The van der Waals surface area contributed by atoms with E-state index in [4.69, 9.17) is 0 Å². The standard InChI is InChI=1S/C15H19BrN2O/c1-3-5-12-10-18(4-2)15(19)17-14(12)11-6-8-13(16)9-7-11/h6-10,14H,3-5H2,1-2H3,(H,17,19). The minimum atomic E-state index is -0.0183. The van der Waals surface area contributed by atoms with Gasteiger partial charge in [0.25, 0.3) is 0 Å². The number of carbonyl (C=O) groups excluding carboxylic acids is 1. The van der Waals surface area contributed by atoms with Crippen molar-refractivity contribution in [2.45, 2.75) is 32.7 Å². The van der Waals surface area contributed by atoms with Crippen LogP contribution in [0.4, 0.5) is 4.79 Å². The summed E-state index contributed by atoms with van der Waals surface area (Å²) in [5.74, 6) is 0. The van der Waals surface area contributed by atoms with Gasteiger partial charge in [0.2, 0.25) is 0 Å². The molecule has 1 aromatic rings. The average molecular weight is 323 g/mol. The van der Waals surface area contributed by atoms with Crippen molar-refractivity contribution in [1.29, 1.82) is 0 Å². The Bertz CT molecular complexity index is 481. The fourth-order valence-electron chi connectivity index (χ4n) is 2.32. The molecule has 2 amide bonds. The lowest BCUT2D eigenvalue weighted by Gasteiger charge is -2.32. The smallest absolute Gasteiger partial charge is 0.322 e. The zero-order valence-electron chi connectivity index (χ0n) is 11.3. The van der Waals surface area contributed by atoms with Crippen molar-refractivity contribution in [3.63, 3.8) is 0 Å². The van der Waals surface area contributed by atoms with Gasteiger partial charge in [-0.05, 0) is 36.6 Å². The van der Waals surface area contributed by atoms with Crippen LogP contribution in [0.5, 0.6) is 0 Å². The summed E-state index contributed by atoms with van der Waals surface area (Å²) < 4.78 is 1.05.